The van der Waals surface area contributed by atoms with Crippen LogP contribution in [0.4, 0.5) is 17.1 Å². The summed E-state index contributed by atoms with van der Waals surface area (Å²) < 4.78 is 0. The molecule has 1 amide bonds. The Labute approximate surface area is 210 Å². The number of likely N-dealkylation sites (tertiary alicyclic amines) is 1. The minimum atomic E-state index is -0.947. The molecule has 0 aliphatic carbocycles. The van der Waals surface area contributed by atoms with Gasteiger partial charge in [-0.1, -0.05) is 48.9 Å². The van der Waals surface area contributed by atoms with E-state index in [1.165, 1.54) is 24.8 Å². The summed E-state index contributed by atoms with van der Waals surface area (Å²) in [6.07, 6.45) is 3.87. The zero-order valence-corrected chi connectivity index (χ0v) is 20.1. The first-order chi connectivity index (χ1) is 17.6. The Morgan fingerprint density at radius 3 is 2.36 bits per heavy atom. The first-order valence-corrected chi connectivity index (χ1v) is 12.4. The fraction of sp³-hybridized carbons (Fsp3) is 0.241. The molecule has 2 heterocycles. The predicted octanol–water partition coefficient (Wildman–Crippen LogP) is 5.10. The maximum absolute atomic E-state index is 13.2. The van der Waals surface area contributed by atoms with E-state index in [0.29, 0.717) is 16.9 Å². The number of nitrogens with zero attached hydrogens (tertiary/aromatic N) is 1. The number of benzene rings is 3. The first-order valence-electron chi connectivity index (χ1n) is 12.4. The van der Waals surface area contributed by atoms with Crippen molar-refractivity contribution in [1.82, 2.24) is 4.90 Å². The number of carbonyl (C=O) groups excluding carboxylic acids is 1. The molecule has 1 fully saturated rings. The van der Waals surface area contributed by atoms with Crippen molar-refractivity contribution in [3.05, 3.63) is 89.5 Å². The molecule has 5 rings (SSSR count). The van der Waals surface area contributed by atoms with E-state index in [1.54, 1.807) is 12.1 Å². The third kappa shape index (κ3) is 5.42. The quantitative estimate of drug-likeness (QED) is 0.334. The van der Waals surface area contributed by atoms with Gasteiger partial charge in [0.15, 0.2) is 0 Å². The average Bonchev–Trinajstić information content (AvgIpc) is 3.23. The summed E-state index contributed by atoms with van der Waals surface area (Å²) in [5.41, 5.74) is 6.43. The highest BCUT2D eigenvalue weighted by Gasteiger charge is 2.28. The van der Waals surface area contributed by atoms with Crippen LogP contribution in [-0.2, 0) is 16.1 Å². The SMILES string of the molecule is O=C(O)CNc1ccc2c(c1)NC(=O)C2=C(Nc1ccc(CN2CCCCC2)cc1)c1ccccc1. The Balaban J connectivity index is 1.44. The van der Waals surface area contributed by atoms with Crippen molar-refractivity contribution >= 4 is 40.2 Å². The lowest BCUT2D eigenvalue weighted by Crippen LogP contribution is -2.29. The summed E-state index contributed by atoms with van der Waals surface area (Å²) in [5, 5.41) is 18.2. The van der Waals surface area contributed by atoms with Crippen LogP contribution in [0.1, 0.15) is 36.0 Å². The second-order valence-electron chi connectivity index (χ2n) is 9.24. The van der Waals surface area contributed by atoms with E-state index in [-0.39, 0.29) is 12.5 Å². The number of amides is 1. The van der Waals surface area contributed by atoms with Crippen LogP contribution in [0.3, 0.4) is 0 Å². The standard InChI is InChI=1S/C29H30N4O3/c34-26(35)18-30-23-13-14-24-25(17-23)32-29(36)27(24)28(21-7-3-1-4-8-21)31-22-11-9-20(10-12-22)19-33-15-5-2-6-16-33/h1,3-4,7-14,17,30-31H,2,5-6,15-16,18-19H2,(H,32,36)(H,34,35). The largest absolute Gasteiger partial charge is 0.480 e. The molecule has 3 aromatic rings. The molecule has 184 valence electrons. The second kappa shape index (κ2) is 10.7. The molecule has 1 saturated heterocycles. The Morgan fingerprint density at radius 1 is 0.917 bits per heavy atom. The molecular formula is C29H30N4O3. The van der Waals surface area contributed by atoms with Gasteiger partial charge in [-0.2, -0.15) is 0 Å². The summed E-state index contributed by atoms with van der Waals surface area (Å²) in [6.45, 7) is 3.08. The molecule has 2 aliphatic heterocycles. The molecule has 2 aliphatic rings. The Morgan fingerprint density at radius 2 is 1.64 bits per heavy atom. The Kier molecular flexibility index (Phi) is 7.00. The number of aliphatic carboxylic acids is 1. The molecule has 0 radical (unpaired) electrons. The van der Waals surface area contributed by atoms with Crippen molar-refractivity contribution in [3.63, 3.8) is 0 Å². The second-order valence-corrected chi connectivity index (χ2v) is 9.24. The van der Waals surface area contributed by atoms with Crippen LogP contribution in [0.2, 0.25) is 0 Å². The molecule has 36 heavy (non-hydrogen) atoms. The Bertz CT molecular complexity index is 1280. The molecule has 3 aromatic carbocycles. The lowest BCUT2D eigenvalue weighted by atomic mass is 9.99. The Hall–Kier alpha value is -4.10. The monoisotopic (exact) mass is 482 g/mol. The van der Waals surface area contributed by atoms with Gasteiger partial charge in [-0.15, -0.1) is 0 Å². The van der Waals surface area contributed by atoms with Gasteiger partial charge in [-0.05, 0) is 67.4 Å². The van der Waals surface area contributed by atoms with Crippen molar-refractivity contribution in [2.45, 2.75) is 25.8 Å². The fourth-order valence-electron chi connectivity index (χ4n) is 4.81. The third-order valence-corrected chi connectivity index (χ3v) is 6.60. The molecule has 0 aromatic heterocycles. The zero-order chi connectivity index (χ0) is 24.9. The highest BCUT2D eigenvalue weighted by molar-refractivity contribution is 6.37. The van der Waals surface area contributed by atoms with Crippen molar-refractivity contribution in [2.24, 2.45) is 0 Å². The molecule has 0 atom stereocenters. The summed E-state index contributed by atoms with van der Waals surface area (Å²) in [4.78, 5) is 26.6. The minimum Gasteiger partial charge on any atom is -0.480 e. The van der Waals surface area contributed by atoms with Crippen LogP contribution in [0.15, 0.2) is 72.8 Å². The highest BCUT2D eigenvalue weighted by Crippen LogP contribution is 2.38. The smallest absolute Gasteiger partial charge is 0.322 e. The first kappa shape index (κ1) is 23.6. The van der Waals surface area contributed by atoms with E-state index in [1.807, 2.05) is 36.4 Å². The molecule has 4 N–H and O–H groups in total. The van der Waals surface area contributed by atoms with E-state index >= 15 is 0 Å². The van der Waals surface area contributed by atoms with E-state index in [2.05, 4.69) is 45.1 Å². The third-order valence-electron chi connectivity index (χ3n) is 6.60. The molecule has 7 nitrogen and oxygen atoms in total. The van der Waals surface area contributed by atoms with Crippen LogP contribution >= 0.6 is 0 Å². The molecular weight excluding hydrogens is 452 g/mol. The van der Waals surface area contributed by atoms with Gasteiger partial charge in [0, 0.05) is 23.5 Å². The van der Waals surface area contributed by atoms with Gasteiger partial charge in [0.05, 0.1) is 17.0 Å². The van der Waals surface area contributed by atoms with Gasteiger partial charge in [0.1, 0.15) is 6.54 Å². The molecule has 0 unspecified atom stereocenters. The maximum atomic E-state index is 13.2. The predicted molar refractivity (Wildman–Crippen MR) is 144 cm³/mol. The molecule has 0 spiro atoms. The van der Waals surface area contributed by atoms with Crippen molar-refractivity contribution in [2.75, 3.05) is 35.6 Å². The van der Waals surface area contributed by atoms with Gasteiger partial charge in [-0.25, -0.2) is 0 Å². The summed E-state index contributed by atoms with van der Waals surface area (Å²) in [7, 11) is 0. The number of hydrogen-bond donors (Lipinski definition) is 4. The van der Waals surface area contributed by atoms with Crippen LogP contribution in [0.25, 0.3) is 11.3 Å². The van der Waals surface area contributed by atoms with Crippen molar-refractivity contribution in [1.29, 1.82) is 0 Å². The number of nitrogens with one attached hydrogen (secondary N) is 3. The molecule has 0 saturated carbocycles. The van der Waals surface area contributed by atoms with Gasteiger partial charge < -0.3 is 21.1 Å². The number of carboxylic acid groups (broad SMARTS) is 1. The van der Waals surface area contributed by atoms with Crippen LogP contribution in [-0.4, -0.2) is 41.5 Å². The number of hydrogen-bond acceptors (Lipinski definition) is 5. The number of anilines is 3. The van der Waals surface area contributed by atoms with E-state index in [9.17, 15) is 9.59 Å². The lowest BCUT2D eigenvalue weighted by Gasteiger charge is -2.26. The fourth-order valence-corrected chi connectivity index (χ4v) is 4.81. The average molecular weight is 483 g/mol. The maximum Gasteiger partial charge on any atom is 0.322 e. The number of rotatable bonds is 8. The van der Waals surface area contributed by atoms with Gasteiger partial charge in [-0.3, -0.25) is 14.5 Å². The van der Waals surface area contributed by atoms with E-state index < -0.39 is 5.97 Å². The van der Waals surface area contributed by atoms with E-state index in [4.69, 9.17) is 5.11 Å². The van der Waals surface area contributed by atoms with Gasteiger partial charge >= 0.3 is 5.97 Å². The van der Waals surface area contributed by atoms with Gasteiger partial charge in [0.25, 0.3) is 5.91 Å². The topological polar surface area (TPSA) is 93.7 Å². The van der Waals surface area contributed by atoms with Crippen molar-refractivity contribution in [3.8, 4) is 0 Å². The minimum absolute atomic E-state index is 0.194. The normalized spacial score (nSPS) is 16.7. The number of carboxylic acids is 1. The number of piperidine rings is 1. The molecule has 0 bridgehead atoms. The summed E-state index contributed by atoms with van der Waals surface area (Å²) >= 11 is 0. The summed E-state index contributed by atoms with van der Waals surface area (Å²) in [6, 6.07) is 23.6. The van der Waals surface area contributed by atoms with Gasteiger partial charge in [0.2, 0.25) is 0 Å². The highest BCUT2D eigenvalue weighted by atomic mass is 16.4. The lowest BCUT2D eigenvalue weighted by molar-refractivity contribution is -0.134. The number of carbonyl (C=O) groups is 2. The zero-order valence-electron chi connectivity index (χ0n) is 20.1. The number of fused-ring (bicyclic) bond motifs is 1. The van der Waals surface area contributed by atoms with Crippen LogP contribution in [0.5, 0.6) is 0 Å². The van der Waals surface area contributed by atoms with Crippen LogP contribution < -0.4 is 16.0 Å². The molecule has 7 heteroatoms. The van der Waals surface area contributed by atoms with E-state index in [0.717, 1.165) is 42.1 Å². The van der Waals surface area contributed by atoms with Crippen molar-refractivity contribution < 1.29 is 14.7 Å². The summed E-state index contributed by atoms with van der Waals surface area (Å²) in [5.74, 6) is -1.15. The van der Waals surface area contributed by atoms with Crippen LogP contribution in [0, 0.1) is 0 Å².